The number of nitrogens with one attached hydrogen (secondary N) is 3. The van der Waals surface area contributed by atoms with Crippen molar-refractivity contribution in [3.05, 3.63) is 30.1 Å². The van der Waals surface area contributed by atoms with Crippen LogP contribution in [0.15, 0.2) is 29.2 Å². The molecular formula is C17H22FN3O5S. The first-order valence-electron chi connectivity index (χ1n) is 8.52. The second-order valence-corrected chi connectivity index (χ2v) is 8.33. The highest BCUT2D eigenvalue weighted by molar-refractivity contribution is 7.89. The van der Waals surface area contributed by atoms with Crippen LogP contribution in [-0.2, 0) is 24.4 Å². The molecule has 8 nitrogen and oxygen atoms in total. The van der Waals surface area contributed by atoms with Gasteiger partial charge in [-0.3, -0.25) is 14.4 Å². The molecule has 1 aromatic rings. The maximum absolute atomic E-state index is 13.0. The van der Waals surface area contributed by atoms with Gasteiger partial charge in [0.15, 0.2) is 0 Å². The van der Waals surface area contributed by atoms with E-state index in [-0.39, 0.29) is 11.3 Å². The zero-order valence-corrected chi connectivity index (χ0v) is 15.8. The van der Waals surface area contributed by atoms with Crippen LogP contribution >= 0.6 is 0 Å². The van der Waals surface area contributed by atoms with Crippen LogP contribution in [0.25, 0.3) is 0 Å². The van der Waals surface area contributed by atoms with Crippen molar-refractivity contribution in [1.29, 1.82) is 0 Å². The van der Waals surface area contributed by atoms with Gasteiger partial charge in [-0.25, -0.2) is 12.8 Å². The number of benzene rings is 1. The zero-order valence-electron chi connectivity index (χ0n) is 15.0. The Hall–Kier alpha value is -2.33. The topological polar surface area (TPSA) is 121 Å². The van der Waals surface area contributed by atoms with Gasteiger partial charge in [-0.2, -0.15) is 4.72 Å². The van der Waals surface area contributed by atoms with Crippen molar-refractivity contribution in [3.63, 3.8) is 0 Å². The molecular weight excluding hydrogens is 377 g/mol. The van der Waals surface area contributed by atoms with E-state index in [0.717, 1.165) is 24.3 Å². The number of hydrogen-bond donors (Lipinski definition) is 3. The number of Topliss-reactive ketones (excluding diaryl/α,β-unsaturated/α-hetero) is 1. The van der Waals surface area contributed by atoms with Gasteiger partial charge in [0.05, 0.1) is 10.9 Å². The lowest BCUT2D eigenvalue weighted by atomic mass is 10.0. The number of halogens is 1. The number of carbonyl (C=O) groups is 3. The van der Waals surface area contributed by atoms with Gasteiger partial charge in [0.2, 0.25) is 21.7 Å². The molecule has 2 atom stereocenters. The van der Waals surface area contributed by atoms with Crippen molar-refractivity contribution in [2.45, 2.75) is 43.7 Å². The third kappa shape index (κ3) is 5.33. The molecule has 2 unspecified atom stereocenters. The third-order valence-corrected chi connectivity index (χ3v) is 5.62. The summed E-state index contributed by atoms with van der Waals surface area (Å²) < 4.78 is 40.3. The highest BCUT2D eigenvalue weighted by atomic mass is 32.2. The Bertz CT molecular complexity index is 823. The molecule has 1 fully saturated rings. The fraction of sp³-hybridized carbons (Fsp3) is 0.471. The summed E-state index contributed by atoms with van der Waals surface area (Å²) in [6, 6.07) is 2.01. The number of hydrogen-bond acceptors (Lipinski definition) is 5. The van der Waals surface area contributed by atoms with Crippen LogP contribution in [0.3, 0.4) is 0 Å². The summed E-state index contributed by atoms with van der Waals surface area (Å²) in [6.45, 7) is 3.61. The molecule has 0 aromatic heterocycles. The van der Waals surface area contributed by atoms with Gasteiger partial charge in [0.1, 0.15) is 11.9 Å². The van der Waals surface area contributed by atoms with Crippen molar-refractivity contribution < 1.29 is 27.2 Å². The fourth-order valence-corrected chi connectivity index (χ4v) is 3.97. The van der Waals surface area contributed by atoms with Crippen LogP contribution in [0.2, 0.25) is 0 Å². The van der Waals surface area contributed by atoms with Gasteiger partial charge < -0.3 is 10.6 Å². The molecule has 148 valence electrons. The molecule has 2 amide bonds. The molecule has 1 saturated heterocycles. The Kier molecular flexibility index (Phi) is 6.66. The summed E-state index contributed by atoms with van der Waals surface area (Å²) in [4.78, 5) is 36.0. The number of ketones is 1. The summed E-state index contributed by atoms with van der Waals surface area (Å²) in [5.74, 6) is -3.26. The lowest BCUT2D eigenvalue weighted by Crippen LogP contribution is -2.54. The normalized spacial score (nSPS) is 19.3. The lowest BCUT2D eigenvalue weighted by molar-refractivity contribution is -0.139. The minimum atomic E-state index is -4.08. The number of sulfonamides is 1. The summed E-state index contributed by atoms with van der Waals surface area (Å²) in [6.07, 6.45) is 0.787. The monoisotopic (exact) mass is 399 g/mol. The molecule has 0 spiro atoms. The molecule has 27 heavy (non-hydrogen) atoms. The Morgan fingerprint density at radius 3 is 2.44 bits per heavy atom. The number of carbonyl (C=O) groups excluding carboxylic acids is 3. The predicted molar refractivity (Wildman–Crippen MR) is 94.5 cm³/mol. The van der Waals surface area contributed by atoms with Crippen molar-refractivity contribution in [2.75, 3.05) is 6.54 Å². The molecule has 1 aliphatic rings. The second kappa shape index (κ2) is 8.57. The first-order valence-corrected chi connectivity index (χ1v) is 10.0. The summed E-state index contributed by atoms with van der Waals surface area (Å²) in [5, 5.41) is 4.90. The maximum atomic E-state index is 13.0. The smallest absolute Gasteiger partial charge is 0.289 e. The van der Waals surface area contributed by atoms with Crippen LogP contribution in [0, 0.1) is 11.7 Å². The van der Waals surface area contributed by atoms with Crippen molar-refractivity contribution >= 4 is 27.6 Å². The average molecular weight is 399 g/mol. The van der Waals surface area contributed by atoms with Crippen LogP contribution in [0.4, 0.5) is 4.39 Å². The van der Waals surface area contributed by atoms with E-state index in [4.69, 9.17) is 0 Å². The molecule has 1 aliphatic heterocycles. The minimum absolute atomic E-state index is 0.188. The van der Waals surface area contributed by atoms with E-state index >= 15 is 0 Å². The van der Waals surface area contributed by atoms with E-state index in [1.165, 1.54) is 0 Å². The first-order chi connectivity index (χ1) is 12.6. The van der Waals surface area contributed by atoms with Gasteiger partial charge in [-0.15, -0.1) is 0 Å². The molecule has 0 radical (unpaired) electrons. The molecule has 0 aliphatic carbocycles. The van der Waals surface area contributed by atoms with Crippen molar-refractivity contribution in [3.8, 4) is 0 Å². The van der Waals surface area contributed by atoms with Crippen molar-refractivity contribution in [2.24, 2.45) is 5.92 Å². The summed E-state index contributed by atoms with van der Waals surface area (Å²) in [5.41, 5.74) is 0. The summed E-state index contributed by atoms with van der Waals surface area (Å²) >= 11 is 0. The van der Waals surface area contributed by atoms with Gasteiger partial charge in [-0.05, 0) is 43.0 Å². The molecule has 1 aromatic carbocycles. The summed E-state index contributed by atoms with van der Waals surface area (Å²) in [7, 11) is -4.08. The highest BCUT2D eigenvalue weighted by Gasteiger charge is 2.33. The maximum Gasteiger partial charge on any atom is 0.289 e. The minimum Gasteiger partial charge on any atom is -0.349 e. The number of rotatable bonds is 6. The van der Waals surface area contributed by atoms with Gasteiger partial charge >= 0.3 is 0 Å². The molecule has 0 bridgehead atoms. The second-order valence-electron chi connectivity index (χ2n) is 6.62. The molecule has 10 heteroatoms. The van der Waals surface area contributed by atoms with Crippen molar-refractivity contribution in [1.82, 2.24) is 15.4 Å². The van der Waals surface area contributed by atoms with E-state index in [1.54, 1.807) is 13.8 Å². The Balaban J connectivity index is 2.16. The molecule has 1 heterocycles. The predicted octanol–water partition coefficient (Wildman–Crippen LogP) is 0.0925. The quantitative estimate of drug-likeness (QED) is 0.586. The Morgan fingerprint density at radius 2 is 1.85 bits per heavy atom. The molecule has 3 N–H and O–H groups in total. The lowest BCUT2D eigenvalue weighted by Gasteiger charge is -2.24. The van der Waals surface area contributed by atoms with Gasteiger partial charge in [-0.1, -0.05) is 13.8 Å². The van der Waals surface area contributed by atoms with Crippen LogP contribution in [-0.4, -0.2) is 44.6 Å². The molecule has 0 saturated carbocycles. The SMILES string of the molecule is CC(C)C(NS(=O)(=O)c1ccc(F)cc1)C(=O)NC1CCCNC(=O)C1=O. The fourth-order valence-electron chi connectivity index (χ4n) is 2.63. The van der Waals surface area contributed by atoms with E-state index in [9.17, 15) is 27.2 Å². The van der Waals surface area contributed by atoms with E-state index in [0.29, 0.717) is 13.0 Å². The van der Waals surface area contributed by atoms with Crippen LogP contribution in [0.1, 0.15) is 26.7 Å². The number of amides is 2. The average Bonchev–Trinajstić information content (AvgIpc) is 2.75. The van der Waals surface area contributed by atoms with E-state index in [2.05, 4.69) is 15.4 Å². The van der Waals surface area contributed by atoms with Crippen LogP contribution in [0.5, 0.6) is 0 Å². The Labute approximate surface area is 157 Å². The standard InChI is InChI=1S/C17H22FN3O5S/c1-10(2)14(21-27(25,26)12-7-5-11(18)6-8-12)16(23)20-13-4-3-9-19-17(24)15(13)22/h5-8,10,13-14,21H,3-4,9H2,1-2H3,(H,19,24)(H,20,23). The molecule has 2 rings (SSSR count). The zero-order chi connectivity index (χ0) is 20.2. The Morgan fingerprint density at radius 1 is 1.22 bits per heavy atom. The van der Waals surface area contributed by atoms with Gasteiger partial charge in [0.25, 0.3) is 5.91 Å². The highest BCUT2D eigenvalue weighted by Crippen LogP contribution is 2.13. The van der Waals surface area contributed by atoms with E-state index in [1.807, 2.05) is 0 Å². The van der Waals surface area contributed by atoms with Gasteiger partial charge in [0, 0.05) is 6.54 Å². The first kappa shape index (κ1) is 21.0. The third-order valence-electron chi connectivity index (χ3n) is 4.17. The van der Waals surface area contributed by atoms with E-state index < -0.39 is 51.4 Å². The van der Waals surface area contributed by atoms with Crippen LogP contribution < -0.4 is 15.4 Å². The largest absolute Gasteiger partial charge is 0.349 e.